The first kappa shape index (κ1) is 27.1. The van der Waals surface area contributed by atoms with Crippen molar-refractivity contribution in [1.82, 2.24) is 5.32 Å². The minimum absolute atomic E-state index is 0.101. The van der Waals surface area contributed by atoms with Crippen molar-refractivity contribution in [2.45, 2.75) is 52.5 Å². The van der Waals surface area contributed by atoms with Crippen LogP contribution in [-0.4, -0.2) is 27.5 Å². The normalized spacial score (nSPS) is 12.1. The molecule has 8 heteroatoms. The van der Waals surface area contributed by atoms with Crippen LogP contribution in [0, 0.1) is 27.7 Å². The van der Waals surface area contributed by atoms with E-state index in [-0.39, 0.29) is 23.5 Å². The van der Waals surface area contributed by atoms with Gasteiger partial charge in [0.15, 0.2) is 6.61 Å². The van der Waals surface area contributed by atoms with Gasteiger partial charge < -0.3 is 14.8 Å². The van der Waals surface area contributed by atoms with Crippen molar-refractivity contribution in [3.63, 3.8) is 0 Å². The maximum Gasteiger partial charge on any atom is 0.261 e. The molecule has 7 nitrogen and oxygen atoms in total. The van der Waals surface area contributed by atoms with Gasteiger partial charge in [-0.2, -0.15) is 0 Å². The van der Waals surface area contributed by atoms with Crippen molar-refractivity contribution in [1.29, 1.82) is 0 Å². The fourth-order valence-corrected chi connectivity index (χ4v) is 5.05. The lowest BCUT2D eigenvalue weighted by molar-refractivity contribution is -0.123. The number of hydrogen-bond acceptors (Lipinski definition) is 5. The Bertz CT molecular complexity index is 1330. The number of ether oxygens (including phenoxy) is 2. The average molecular weight is 511 g/mol. The summed E-state index contributed by atoms with van der Waals surface area (Å²) in [4.78, 5) is 12.6. The van der Waals surface area contributed by atoms with Crippen LogP contribution in [0.3, 0.4) is 0 Å². The molecule has 2 N–H and O–H groups in total. The van der Waals surface area contributed by atoms with Crippen LogP contribution in [-0.2, 0) is 14.8 Å². The molecule has 0 radical (unpaired) electrons. The molecular weight excluding hydrogens is 476 g/mol. The zero-order valence-electron chi connectivity index (χ0n) is 21.6. The molecule has 0 fully saturated rings. The quantitative estimate of drug-likeness (QED) is 0.382. The monoisotopic (exact) mass is 510 g/mol. The first-order valence-corrected chi connectivity index (χ1v) is 13.3. The largest absolute Gasteiger partial charge is 0.494 e. The standard InChI is InChI=1S/C28H34N2O5S/c1-7-34-24-10-8-23(9-11-24)30-36(32,33)25-12-13-27(21(5)15-25)35-17-28(31)29-22(6)26-16-19(3)18(2)14-20(26)4/h8-16,22,30H,7,17H2,1-6H3,(H,29,31)/t22-/m0/s1. The van der Waals surface area contributed by atoms with Gasteiger partial charge in [0, 0.05) is 5.69 Å². The van der Waals surface area contributed by atoms with Crippen LogP contribution in [0.5, 0.6) is 11.5 Å². The highest BCUT2D eigenvalue weighted by Crippen LogP contribution is 2.25. The zero-order valence-corrected chi connectivity index (χ0v) is 22.5. The summed E-state index contributed by atoms with van der Waals surface area (Å²) in [6.45, 7) is 12.1. The van der Waals surface area contributed by atoms with Gasteiger partial charge in [-0.05, 0) is 112 Å². The lowest BCUT2D eigenvalue weighted by atomic mass is 9.96. The van der Waals surface area contributed by atoms with Gasteiger partial charge in [-0.25, -0.2) is 8.42 Å². The van der Waals surface area contributed by atoms with Crippen LogP contribution < -0.4 is 19.5 Å². The summed E-state index contributed by atoms with van der Waals surface area (Å²) in [7, 11) is -3.79. The van der Waals surface area contributed by atoms with E-state index in [4.69, 9.17) is 9.47 Å². The molecule has 0 saturated carbocycles. The predicted molar refractivity (Wildman–Crippen MR) is 142 cm³/mol. The van der Waals surface area contributed by atoms with Gasteiger partial charge in [0.2, 0.25) is 0 Å². The number of carbonyl (C=O) groups is 1. The molecule has 0 unspecified atom stereocenters. The minimum Gasteiger partial charge on any atom is -0.494 e. The highest BCUT2D eigenvalue weighted by Gasteiger charge is 2.17. The van der Waals surface area contributed by atoms with Crippen LogP contribution in [0.15, 0.2) is 59.5 Å². The predicted octanol–water partition coefficient (Wildman–Crippen LogP) is 5.38. The van der Waals surface area contributed by atoms with Crippen LogP contribution >= 0.6 is 0 Å². The number of benzene rings is 3. The molecule has 3 rings (SSSR count). The molecule has 0 aliphatic carbocycles. The molecule has 192 valence electrons. The van der Waals surface area contributed by atoms with Crippen molar-refractivity contribution in [3.8, 4) is 11.5 Å². The van der Waals surface area contributed by atoms with E-state index in [0.717, 1.165) is 11.1 Å². The summed E-state index contributed by atoms with van der Waals surface area (Å²) in [6, 6.07) is 15.3. The molecule has 1 amide bonds. The molecule has 0 aliphatic heterocycles. The van der Waals surface area contributed by atoms with Gasteiger partial charge in [-0.15, -0.1) is 0 Å². The van der Waals surface area contributed by atoms with Crippen LogP contribution in [0.4, 0.5) is 5.69 Å². The summed E-state index contributed by atoms with van der Waals surface area (Å²) in [5.74, 6) is 0.855. The second-order valence-electron chi connectivity index (χ2n) is 8.86. The van der Waals surface area contributed by atoms with Crippen LogP contribution in [0.25, 0.3) is 0 Å². The van der Waals surface area contributed by atoms with Crippen LogP contribution in [0.1, 0.15) is 47.7 Å². The molecule has 3 aromatic carbocycles. The molecule has 3 aromatic rings. The number of aryl methyl sites for hydroxylation is 4. The smallest absolute Gasteiger partial charge is 0.261 e. The van der Waals surface area contributed by atoms with Crippen molar-refractivity contribution >= 4 is 21.6 Å². The molecule has 0 aliphatic rings. The van der Waals surface area contributed by atoms with Crippen molar-refractivity contribution in [3.05, 3.63) is 82.4 Å². The maximum absolute atomic E-state index is 12.8. The van der Waals surface area contributed by atoms with Gasteiger partial charge in [-0.3, -0.25) is 9.52 Å². The lowest BCUT2D eigenvalue weighted by Gasteiger charge is -2.19. The van der Waals surface area contributed by atoms with E-state index in [9.17, 15) is 13.2 Å². The molecule has 0 saturated heterocycles. The third-order valence-electron chi connectivity index (χ3n) is 5.96. The topological polar surface area (TPSA) is 93.7 Å². The van der Waals surface area contributed by atoms with Gasteiger partial charge in [-0.1, -0.05) is 12.1 Å². The summed E-state index contributed by atoms with van der Waals surface area (Å²) in [5, 5.41) is 2.97. The Balaban J connectivity index is 1.61. The minimum atomic E-state index is -3.79. The number of hydrogen-bond donors (Lipinski definition) is 2. The molecule has 0 aromatic heterocycles. The Labute approximate surface area is 213 Å². The lowest BCUT2D eigenvalue weighted by Crippen LogP contribution is -2.31. The van der Waals surface area contributed by atoms with Gasteiger partial charge in [0.25, 0.3) is 15.9 Å². The Morgan fingerprint density at radius 2 is 1.53 bits per heavy atom. The van der Waals surface area contributed by atoms with Gasteiger partial charge >= 0.3 is 0 Å². The Morgan fingerprint density at radius 3 is 2.17 bits per heavy atom. The molecule has 0 heterocycles. The number of carbonyl (C=O) groups excluding carboxylic acids is 1. The van der Waals surface area contributed by atoms with Crippen molar-refractivity contribution < 1.29 is 22.7 Å². The Kier molecular flexibility index (Phi) is 8.63. The summed E-state index contributed by atoms with van der Waals surface area (Å²) in [6.07, 6.45) is 0. The fraction of sp³-hybridized carbons (Fsp3) is 0.321. The summed E-state index contributed by atoms with van der Waals surface area (Å²) < 4.78 is 39.3. The SMILES string of the molecule is CCOc1ccc(NS(=O)(=O)c2ccc(OCC(=O)N[C@@H](C)c3cc(C)c(C)cc3C)c(C)c2)cc1. The van der Waals surface area contributed by atoms with Crippen molar-refractivity contribution in [2.24, 2.45) is 0 Å². The maximum atomic E-state index is 12.8. The van der Waals surface area contributed by atoms with Gasteiger partial charge in [0.05, 0.1) is 17.5 Å². The number of nitrogens with one attached hydrogen (secondary N) is 2. The van der Waals surface area contributed by atoms with E-state index in [2.05, 4.69) is 36.0 Å². The molecule has 0 spiro atoms. The Morgan fingerprint density at radius 1 is 0.861 bits per heavy atom. The average Bonchev–Trinajstić information content (AvgIpc) is 2.81. The number of sulfonamides is 1. The van der Waals surface area contributed by atoms with Gasteiger partial charge in [0.1, 0.15) is 11.5 Å². The number of anilines is 1. The summed E-state index contributed by atoms with van der Waals surface area (Å²) in [5.41, 5.74) is 5.62. The van der Waals surface area contributed by atoms with Crippen LogP contribution in [0.2, 0.25) is 0 Å². The number of rotatable bonds is 10. The summed E-state index contributed by atoms with van der Waals surface area (Å²) >= 11 is 0. The molecule has 0 bridgehead atoms. The van der Waals surface area contributed by atoms with E-state index in [1.807, 2.05) is 20.8 Å². The highest BCUT2D eigenvalue weighted by molar-refractivity contribution is 7.92. The second kappa shape index (κ2) is 11.5. The van der Waals surface area contributed by atoms with E-state index in [1.54, 1.807) is 37.3 Å². The zero-order chi connectivity index (χ0) is 26.5. The first-order chi connectivity index (χ1) is 17.0. The van der Waals surface area contributed by atoms with E-state index in [0.29, 0.717) is 29.4 Å². The number of amides is 1. The first-order valence-electron chi connectivity index (χ1n) is 11.9. The van der Waals surface area contributed by atoms with E-state index < -0.39 is 10.0 Å². The molecule has 1 atom stereocenters. The highest BCUT2D eigenvalue weighted by atomic mass is 32.2. The molecular formula is C28H34N2O5S. The van der Waals surface area contributed by atoms with Crippen molar-refractivity contribution in [2.75, 3.05) is 17.9 Å². The molecule has 36 heavy (non-hydrogen) atoms. The third-order valence-corrected chi connectivity index (χ3v) is 7.34. The Hall–Kier alpha value is -3.52. The third kappa shape index (κ3) is 6.79. The van der Waals surface area contributed by atoms with E-state index in [1.165, 1.54) is 23.3 Å². The second-order valence-corrected chi connectivity index (χ2v) is 10.5. The van der Waals surface area contributed by atoms with E-state index >= 15 is 0 Å². The fourth-order valence-electron chi connectivity index (χ4n) is 3.90.